The van der Waals surface area contributed by atoms with Crippen LogP contribution in [0.25, 0.3) is 0 Å². The van der Waals surface area contributed by atoms with E-state index in [1.807, 2.05) is 0 Å². The zero-order valence-electron chi connectivity index (χ0n) is 8.21. The van der Waals surface area contributed by atoms with Crippen LogP contribution in [0.5, 0.6) is 0 Å². The SMILES string of the molecule is NC1CCCCN(CC2(O)CC2)C1. The summed E-state index contributed by atoms with van der Waals surface area (Å²) in [5.74, 6) is 0. The van der Waals surface area contributed by atoms with Crippen molar-refractivity contribution < 1.29 is 5.11 Å². The molecule has 1 aliphatic carbocycles. The maximum absolute atomic E-state index is 9.78. The van der Waals surface area contributed by atoms with Gasteiger partial charge in [-0.25, -0.2) is 0 Å². The van der Waals surface area contributed by atoms with Crippen molar-refractivity contribution in [2.45, 2.75) is 43.7 Å². The molecule has 2 fully saturated rings. The van der Waals surface area contributed by atoms with E-state index in [9.17, 15) is 5.11 Å². The van der Waals surface area contributed by atoms with Crippen LogP contribution >= 0.6 is 0 Å². The molecule has 0 radical (unpaired) electrons. The summed E-state index contributed by atoms with van der Waals surface area (Å²) in [6.45, 7) is 2.94. The Morgan fingerprint density at radius 1 is 1.38 bits per heavy atom. The van der Waals surface area contributed by atoms with E-state index in [4.69, 9.17) is 5.73 Å². The van der Waals surface area contributed by atoms with Crippen molar-refractivity contribution in [1.29, 1.82) is 0 Å². The molecule has 1 atom stereocenters. The van der Waals surface area contributed by atoms with Gasteiger partial charge in [0.25, 0.3) is 0 Å². The van der Waals surface area contributed by atoms with Gasteiger partial charge < -0.3 is 10.8 Å². The van der Waals surface area contributed by atoms with Crippen molar-refractivity contribution in [3.05, 3.63) is 0 Å². The second kappa shape index (κ2) is 3.56. The summed E-state index contributed by atoms with van der Waals surface area (Å²) >= 11 is 0. The standard InChI is InChI=1S/C10H20N2O/c11-9-3-1-2-6-12(7-9)8-10(13)4-5-10/h9,13H,1-8,11H2. The number of likely N-dealkylation sites (tertiary alicyclic amines) is 1. The molecule has 1 saturated heterocycles. The van der Waals surface area contributed by atoms with Gasteiger partial charge >= 0.3 is 0 Å². The number of β-amino-alcohol motifs (C(OH)–C–C–N with tert-alkyl or cyclic N) is 1. The van der Waals surface area contributed by atoms with Crippen molar-refractivity contribution >= 4 is 0 Å². The number of aliphatic hydroxyl groups is 1. The first kappa shape index (κ1) is 9.44. The van der Waals surface area contributed by atoms with E-state index < -0.39 is 0 Å². The number of hydrogen-bond acceptors (Lipinski definition) is 3. The molecule has 0 spiro atoms. The van der Waals surface area contributed by atoms with Gasteiger partial charge in [-0.1, -0.05) is 6.42 Å². The van der Waals surface area contributed by atoms with Crippen LogP contribution < -0.4 is 5.73 Å². The van der Waals surface area contributed by atoms with Gasteiger partial charge in [-0.05, 0) is 32.2 Å². The first-order chi connectivity index (χ1) is 6.18. The van der Waals surface area contributed by atoms with Crippen molar-refractivity contribution in [3.8, 4) is 0 Å². The van der Waals surface area contributed by atoms with Crippen molar-refractivity contribution in [2.24, 2.45) is 5.73 Å². The van der Waals surface area contributed by atoms with Gasteiger partial charge in [-0.3, -0.25) is 4.90 Å². The molecular formula is C10H20N2O. The molecule has 0 bridgehead atoms. The van der Waals surface area contributed by atoms with E-state index in [0.29, 0.717) is 6.04 Å². The largest absolute Gasteiger partial charge is 0.389 e. The third-order valence-corrected chi connectivity index (χ3v) is 3.14. The Bertz CT molecular complexity index is 180. The van der Waals surface area contributed by atoms with Crippen LogP contribution in [0.3, 0.4) is 0 Å². The molecule has 1 heterocycles. The molecule has 3 nitrogen and oxygen atoms in total. The summed E-state index contributed by atoms with van der Waals surface area (Å²) in [7, 11) is 0. The van der Waals surface area contributed by atoms with E-state index in [2.05, 4.69) is 4.90 Å². The summed E-state index contributed by atoms with van der Waals surface area (Å²) in [5.41, 5.74) is 5.60. The van der Waals surface area contributed by atoms with Crippen molar-refractivity contribution in [1.82, 2.24) is 4.90 Å². The number of rotatable bonds is 2. The molecule has 0 amide bonds. The first-order valence-corrected chi connectivity index (χ1v) is 5.38. The Kier molecular flexibility index (Phi) is 2.58. The fraction of sp³-hybridized carbons (Fsp3) is 1.00. The lowest BCUT2D eigenvalue weighted by Gasteiger charge is -2.24. The van der Waals surface area contributed by atoms with E-state index in [1.54, 1.807) is 0 Å². The molecular weight excluding hydrogens is 164 g/mol. The summed E-state index contributed by atoms with van der Waals surface area (Å²) < 4.78 is 0. The van der Waals surface area contributed by atoms with Gasteiger partial charge in [0, 0.05) is 19.1 Å². The predicted octanol–water partition coefficient (Wildman–Crippen LogP) is 0.324. The van der Waals surface area contributed by atoms with Crippen molar-refractivity contribution in [3.63, 3.8) is 0 Å². The zero-order valence-corrected chi connectivity index (χ0v) is 8.21. The Morgan fingerprint density at radius 3 is 2.85 bits per heavy atom. The maximum atomic E-state index is 9.78. The summed E-state index contributed by atoms with van der Waals surface area (Å²) in [5, 5.41) is 9.78. The highest BCUT2D eigenvalue weighted by Gasteiger charge is 2.41. The van der Waals surface area contributed by atoms with Crippen LogP contribution in [0, 0.1) is 0 Å². The second-order valence-electron chi connectivity index (χ2n) is 4.72. The van der Waals surface area contributed by atoms with Crippen LogP contribution in [0.4, 0.5) is 0 Å². The smallest absolute Gasteiger partial charge is 0.0776 e. The molecule has 1 aliphatic heterocycles. The van der Waals surface area contributed by atoms with E-state index in [1.165, 1.54) is 12.8 Å². The van der Waals surface area contributed by atoms with E-state index in [-0.39, 0.29) is 5.60 Å². The number of nitrogens with two attached hydrogens (primary N) is 1. The molecule has 0 aromatic heterocycles. The average molecular weight is 184 g/mol. The summed E-state index contributed by atoms with van der Waals surface area (Å²) in [6, 6.07) is 0.324. The minimum absolute atomic E-state index is 0.324. The summed E-state index contributed by atoms with van der Waals surface area (Å²) in [4.78, 5) is 2.34. The van der Waals surface area contributed by atoms with Gasteiger partial charge in [-0.15, -0.1) is 0 Å². The summed E-state index contributed by atoms with van der Waals surface area (Å²) in [6.07, 6.45) is 5.60. The van der Waals surface area contributed by atoms with E-state index >= 15 is 0 Å². The lowest BCUT2D eigenvalue weighted by Crippen LogP contribution is -2.40. The third kappa shape index (κ3) is 2.66. The van der Waals surface area contributed by atoms with Crippen molar-refractivity contribution in [2.75, 3.05) is 19.6 Å². The lowest BCUT2D eigenvalue weighted by molar-refractivity contribution is 0.0916. The molecule has 13 heavy (non-hydrogen) atoms. The molecule has 2 rings (SSSR count). The van der Waals surface area contributed by atoms with Gasteiger partial charge in [0.1, 0.15) is 0 Å². The Balaban J connectivity index is 1.82. The van der Waals surface area contributed by atoms with Gasteiger partial charge in [0.2, 0.25) is 0 Å². The molecule has 0 aromatic carbocycles. The van der Waals surface area contributed by atoms with Gasteiger partial charge in [0.05, 0.1) is 5.60 Å². The normalized spacial score (nSPS) is 34.2. The third-order valence-electron chi connectivity index (χ3n) is 3.14. The van der Waals surface area contributed by atoms with Crippen LogP contribution in [-0.2, 0) is 0 Å². The van der Waals surface area contributed by atoms with Gasteiger partial charge in [0.15, 0.2) is 0 Å². The van der Waals surface area contributed by atoms with Crippen LogP contribution in [0.1, 0.15) is 32.1 Å². The molecule has 1 unspecified atom stereocenters. The maximum Gasteiger partial charge on any atom is 0.0776 e. The molecule has 2 aliphatic rings. The highest BCUT2D eigenvalue weighted by molar-refractivity contribution is 4.96. The molecule has 3 heteroatoms. The molecule has 1 saturated carbocycles. The quantitative estimate of drug-likeness (QED) is 0.650. The zero-order chi connectivity index (χ0) is 9.31. The van der Waals surface area contributed by atoms with E-state index in [0.717, 1.165) is 38.9 Å². The Hall–Kier alpha value is -0.120. The Labute approximate surface area is 79.9 Å². The minimum atomic E-state index is -0.343. The fourth-order valence-corrected chi connectivity index (χ4v) is 2.12. The monoisotopic (exact) mass is 184 g/mol. The highest BCUT2D eigenvalue weighted by atomic mass is 16.3. The number of nitrogens with zero attached hydrogens (tertiary/aromatic N) is 1. The predicted molar refractivity (Wildman–Crippen MR) is 52.5 cm³/mol. The molecule has 3 N–H and O–H groups in total. The second-order valence-corrected chi connectivity index (χ2v) is 4.72. The highest BCUT2D eigenvalue weighted by Crippen LogP contribution is 2.36. The first-order valence-electron chi connectivity index (χ1n) is 5.38. The average Bonchev–Trinajstić information content (AvgIpc) is 2.79. The Morgan fingerprint density at radius 2 is 2.15 bits per heavy atom. The fourth-order valence-electron chi connectivity index (χ4n) is 2.12. The lowest BCUT2D eigenvalue weighted by atomic mass is 10.2. The van der Waals surface area contributed by atoms with Crippen LogP contribution in [-0.4, -0.2) is 41.3 Å². The minimum Gasteiger partial charge on any atom is -0.389 e. The van der Waals surface area contributed by atoms with Crippen LogP contribution in [0.15, 0.2) is 0 Å². The van der Waals surface area contributed by atoms with Crippen LogP contribution in [0.2, 0.25) is 0 Å². The molecule has 0 aromatic rings. The number of hydrogen-bond donors (Lipinski definition) is 2. The molecule has 76 valence electrons. The van der Waals surface area contributed by atoms with Gasteiger partial charge in [-0.2, -0.15) is 0 Å². The topological polar surface area (TPSA) is 49.5 Å².